The van der Waals surface area contributed by atoms with Crippen LogP contribution in [0.4, 0.5) is 5.82 Å². The molecule has 1 atom stereocenters. The van der Waals surface area contributed by atoms with Gasteiger partial charge in [0, 0.05) is 13.5 Å². The number of nitrogens with one attached hydrogen (secondary N) is 1. The summed E-state index contributed by atoms with van der Waals surface area (Å²) in [5.74, 6) is 0.0719. The molecule has 0 saturated carbocycles. The number of carbonyl (C=O) groups is 2. The molecule has 9 nitrogen and oxygen atoms in total. The van der Waals surface area contributed by atoms with Crippen LogP contribution in [0.2, 0.25) is 0 Å². The number of aromatic nitrogens is 5. The van der Waals surface area contributed by atoms with E-state index in [9.17, 15) is 9.59 Å². The maximum Gasteiger partial charge on any atom is 0.251 e. The maximum atomic E-state index is 11.9. The van der Waals surface area contributed by atoms with Crippen molar-refractivity contribution in [1.82, 2.24) is 30.2 Å². The molecule has 0 bridgehead atoms. The summed E-state index contributed by atoms with van der Waals surface area (Å²) < 4.78 is 1.27. The van der Waals surface area contributed by atoms with E-state index in [1.807, 2.05) is 0 Å². The Morgan fingerprint density at radius 1 is 1.37 bits per heavy atom. The maximum absolute atomic E-state index is 11.9. The lowest BCUT2D eigenvalue weighted by Gasteiger charge is -2.28. The van der Waals surface area contributed by atoms with Gasteiger partial charge in [0.25, 0.3) is 5.91 Å². The van der Waals surface area contributed by atoms with Gasteiger partial charge in [0.15, 0.2) is 5.65 Å². The predicted octanol–water partition coefficient (Wildman–Crippen LogP) is -0.921. The van der Waals surface area contributed by atoms with E-state index < -0.39 is 6.04 Å². The molecule has 1 aliphatic heterocycles. The third-order valence-electron chi connectivity index (χ3n) is 3.04. The number of likely N-dealkylation sites (N-methyl/N-ethyl adjacent to an activating group) is 1. The average Bonchev–Trinajstić information content (AvgIpc) is 2.87. The zero-order valence-electron chi connectivity index (χ0n) is 10.1. The first-order valence-electron chi connectivity index (χ1n) is 5.77. The molecule has 0 aliphatic carbocycles. The van der Waals surface area contributed by atoms with Crippen LogP contribution < -0.4 is 5.32 Å². The van der Waals surface area contributed by atoms with Gasteiger partial charge in [-0.25, -0.2) is 0 Å². The molecule has 1 saturated heterocycles. The number of nitrogens with zero attached hydrogens (tertiary/aromatic N) is 6. The zero-order valence-corrected chi connectivity index (χ0v) is 10.1. The number of fused-ring (bicyclic) bond motifs is 1. The molecular weight excluding hydrogens is 250 g/mol. The molecule has 0 aromatic carbocycles. The van der Waals surface area contributed by atoms with Crippen LogP contribution in [-0.4, -0.2) is 55.1 Å². The number of piperidine rings is 1. The van der Waals surface area contributed by atoms with Crippen LogP contribution >= 0.6 is 0 Å². The quantitative estimate of drug-likeness (QED) is 0.697. The molecule has 0 radical (unpaired) electrons. The van der Waals surface area contributed by atoms with Crippen molar-refractivity contribution in [3.05, 3.63) is 12.1 Å². The highest BCUT2D eigenvalue weighted by atomic mass is 16.2. The Kier molecular flexibility index (Phi) is 2.58. The van der Waals surface area contributed by atoms with Crippen LogP contribution in [0.3, 0.4) is 0 Å². The molecule has 2 amide bonds. The fourth-order valence-corrected chi connectivity index (χ4v) is 1.95. The Hall–Kier alpha value is -2.58. The minimum absolute atomic E-state index is 0.160. The Bertz CT molecular complexity index is 652. The molecule has 3 rings (SSSR count). The molecule has 1 N–H and O–H groups in total. The van der Waals surface area contributed by atoms with E-state index in [2.05, 4.69) is 25.9 Å². The van der Waals surface area contributed by atoms with Crippen LogP contribution in [0.15, 0.2) is 12.1 Å². The van der Waals surface area contributed by atoms with E-state index >= 15 is 0 Å². The minimum Gasteiger partial charge on any atom is -0.357 e. The van der Waals surface area contributed by atoms with E-state index in [1.165, 1.54) is 11.7 Å². The molecule has 0 spiro atoms. The molecular formula is C10H11N7O2. The van der Waals surface area contributed by atoms with Crippen molar-refractivity contribution in [2.75, 3.05) is 12.4 Å². The van der Waals surface area contributed by atoms with Crippen LogP contribution in [0.25, 0.3) is 5.65 Å². The molecule has 1 fully saturated rings. The van der Waals surface area contributed by atoms with Gasteiger partial charge in [-0.1, -0.05) is 0 Å². The third-order valence-corrected chi connectivity index (χ3v) is 3.04. The molecule has 1 unspecified atom stereocenters. The lowest BCUT2D eigenvalue weighted by atomic mass is 10.0. The fraction of sp³-hybridized carbons (Fsp3) is 0.400. The van der Waals surface area contributed by atoms with Crippen molar-refractivity contribution in [2.24, 2.45) is 0 Å². The predicted molar refractivity (Wildman–Crippen MR) is 63.0 cm³/mol. The molecule has 9 heteroatoms. The molecule has 1 aliphatic rings. The molecule has 2 aromatic heterocycles. The number of hydrogen-bond acceptors (Lipinski definition) is 7. The summed E-state index contributed by atoms with van der Waals surface area (Å²) in [6, 6.07) is 2.93. The standard InChI is InChI=1S/C10H11N7O2/c1-16-9(18)5-2-6(10(16)19)11-7-3-4-8-12-14-15-17(8)13-7/h3-4,6H,2,5H2,1H3,(H,11,13). The summed E-state index contributed by atoms with van der Waals surface area (Å²) in [7, 11) is 1.48. The second kappa shape index (κ2) is 4.26. The summed E-state index contributed by atoms with van der Waals surface area (Å²) in [6.45, 7) is 0. The van der Waals surface area contributed by atoms with Gasteiger partial charge >= 0.3 is 0 Å². The van der Waals surface area contributed by atoms with Gasteiger partial charge in [-0.2, -0.15) is 0 Å². The minimum atomic E-state index is -0.455. The van der Waals surface area contributed by atoms with E-state index in [1.54, 1.807) is 12.1 Å². The van der Waals surface area contributed by atoms with E-state index in [0.29, 0.717) is 24.3 Å². The third kappa shape index (κ3) is 1.98. The second-order valence-electron chi connectivity index (χ2n) is 4.27. The van der Waals surface area contributed by atoms with Crippen molar-refractivity contribution in [3.63, 3.8) is 0 Å². The van der Waals surface area contributed by atoms with Crippen molar-refractivity contribution in [2.45, 2.75) is 18.9 Å². The summed E-state index contributed by atoms with van der Waals surface area (Å²) in [6.07, 6.45) is 0.796. The fourth-order valence-electron chi connectivity index (χ4n) is 1.95. The van der Waals surface area contributed by atoms with Crippen LogP contribution in [-0.2, 0) is 9.59 Å². The van der Waals surface area contributed by atoms with E-state index in [4.69, 9.17) is 0 Å². The molecule has 3 heterocycles. The van der Waals surface area contributed by atoms with E-state index in [0.717, 1.165) is 4.90 Å². The Labute approximate surface area is 107 Å². The highest BCUT2D eigenvalue weighted by molar-refractivity contribution is 6.01. The van der Waals surface area contributed by atoms with Gasteiger partial charge in [-0.05, 0) is 29.0 Å². The first kappa shape index (κ1) is 11.5. The molecule has 2 aromatic rings. The van der Waals surface area contributed by atoms with Crippen LogP contribution in [0, 0.1) is 0 Å². The Morgan fingerprint density at radius 3 is 3.05 bits per heavy atom. The number of amides is 2. The normalized spacial score (nSPS) is 20.1. The van der Waals surface area contributed by atoms with Gasteiger partial charge in [0.1, 0.15) is 11.9 Å². The van der Waals surface area contributed by atoms with Crippen LogP contribution in [0.1, 0.15) is 12.8 Å². The van der Waals surface area contributed by atoms with Gasteiger partial charge in [0.05, 0.1) is 0 Å². The largest absolute Gasteiger partial charge is 0.357 e. The van der Waals surface area contributed by atoms with Gasteiger partial charge in [-0.15, -0.1) is 14.8 Å². The van der Waals surface area contributed by atoms with Gasteiger partial charge < -0.3 is 5.32 Å². The highest BCUT2D eigenvalue weighted by Gasteiger charge is 2.31. The molecule has 98 valence electrons. The SMILES string of the molecule is CN1C(=O)CCC(Nc2ccc3nnnn3n2)C1=O. The number of hydrogen-bond donors (Lipinski definition) is 1. The smallest absolute Gasteiger partial charge is 0.251 e. The molecule has 19 heavy (non-hydrogen) atoms. The summed E-state index contributed by atoms with van der Waals surface area (Å²) >= 11 is 0. The number of carbonyl (C=O) groups excluding carboxylic acids is 2. The Balaban J connectivity index is 1.80. The van der Waals surface area contributed by atoms with Crippen molar-refractivity contribution >= 4 is 23.3 Å². The van der Waals surface area contributed by atoms with Crippen LogP contribution in [0.5, 0.6) is 0 Å². The highest BCUT2D eigenvalue weighted by Crippen LogP contribution is 2.15. The number of anilines is 1. The number of tetrazole rings is 1. The zero-order chi connectivity index (χ0) is 13.4. The van der Waals surface area contributed by atoms with Gasteiger partial charge in [0.2, 0.25) is 5.91 Å². The number of imide groups is 1. The number of rotatable bonds is 2. The summed E-state index contributed by atoms with van der Waals surface area (Å²) in [5, 5.41) is 18.0. The van der Waals surface area contributed by atoms with Crippen molar-refractivity contribution < 1.29 is 9.59 Å². The topological polar surface area (TPSA) is 105 Å². The van der Waals surface area contributed by atoms with Crippen molar-refractivity contribution in [1.29, 1.82) is 0 Å². The van der Waals surface area contributed by atoms with Crippen molar-refractivity contribution in [3.8, 4) is 0 Å². The van der Waals surface area contributed by atoms with Gasteiger partial charge in [-0.3, -0.25) is 14.5 Å². The summed E-state index contributed by atoms with van der Waals surface area (Å²) in [4.78, 5) is 24.4. The first-order chi connectivity index (χ1) is 9.15. The monoisotopic (exact) mass is 261 g/mol. The lowest BCUT2D eigenvalue weighted by Crippen LogP contribution is -2.48. The lowest BCUT2D eigenvalue weighted by molar-refractivity contribution is -0.146. The second-order valence-corrected chi connectivity index (χ2v) is 4.27. The first-order valence-corrected chi connectivity index (χ1v) is 5.77. The Morgan fingerprint density at radius 2 is 2.21 bits per heavy atom. The average molecular weight is 261 g/mol. The number of likely N-dealkylation sites (tertiary alicyclic amines) is 1. The van der Waals surface area contributed by atoms with E-state index in [-0.39, 0.29) is 11.8 Å². The summed E-state index contributed by atoms with van der Waals surface area (Å²) in [5.41, 5.74) is 0.521.